The van der Waals surface area contributed by atoms with Gasteiger partial charge in [0.1, 0.15) is 0 Å². The zero-order valence-electron chi connectivity index (χ0n) is 10.5. The summed E-state index contributed by atoms with van der Waals surface area (Å²) in [6, 6.07) is 0. The highest BCUT2D eigenvalue weighted by Crippen LogP contribution is 2.68. The van der Waals surface area contributed by atoms with Crippen LogP contribution in [0, 0.1) is 47.3 Å². The monoisotopic (exact) mass is 370 g/mol. The zero-order valence-corrected chi connectivity index (χ0v) is 13.7. The van der Waals surface area contributed by atoms with Crippen LogP contribution in [0.4, 0.5) is 0 Å². The Labute approximate surface area is 127 Å². The van der Waals surface area contributed by atoms with Gasteiger partial charge >= 0.3 is 0 Å². The van der Waals surface area contributed by atoms with Crippen LogP contribution < -0.4 is 0 Å². The van der Waals surface area contributed by atoms with Crippen LogP contribution >= 0.6 is 31.9 Å². The van der Waals surface area contributed by atoms with Crippen LogP contribution in [-0.4, -0.2) is 10.7 Å². The minimum atomic E-state index is 0.898. The van der Waals surface area contributed by atoms with Crippen molar-refractivity contribution in [2.75, 3.05) is 10.7 Å². The molecule has 0 nitrogen and oxygen atoms in total. The first kappa shape index (κ1) is 12.2. The number of allylic oxidation sites excluding steroid dienone is 4. The van der Waals surface area contributed by atoms with Gasteiger partial charge in [-0.2, -0.15) is 0 Å². The molecule has 0 radical (unpaired) electrons. The molecule has 98 valence electrons. The van der Waals surface area contributed by atoms with Crippen LogP contribution in [0.15, 0.2) is 24.3 Å². The van der Waals surface area contributed by atoms with Crippen molar-refractivity contribution in [2.45, 2.75) is 12.8 Å². The molecule has 0 spiro atoms. The van der Waals surface area contributed by atoms with E-state index in [0.29, 0.717) is 0 Å². The molecule has 2 fully saturated rings. The van der Waals surface area contributed by atoms with Gasteiger partial charge in [-0.05, 0) is 60.2 Å². The van der Waals surface area contributed by atoms with Crippen LogP contribution in [0.3, 0.4) is 0 Å². The van der Waals surface area contributed by atoms with Crippen molar-refractivity contribution in [3.63, 3.8) is 0 Å². The maximum absolute atomic E-state index is 3.66. The minimum Gasteiger partial charge on any atom is -0.0928 e. The van der Waals surface area contributed by atoms with Crippen molar-refractivity contribution in [1.82, 2.24) is 0 Å². The molecular weight excluding hydrogens is 352 g/mol. The van der Waals surface area contributed by atoms with Crippen molar-refractivity contribution in [1.29, 1.82) is 0 Å². The number of hydrogen-bond donors (Lipinski definition) is 0. The van der Waals surface area contributed by atoms with Crippen molar-refractivity contribution in [2.24, 2.45) is 47.3 Å². The van der Waals surface area contributed by atoms with E-state index in [2.05, 4.69) is 56.2 Å². The third-order valence-electron chi connectivity index (χ3n) is 6.20. The molecule has 0 aliphatic heterocycles. The summed E-state index contributed by atoms with van der Waals surface area (Å²) in [7, 11) is 0. The summed E-state index contributed by atoms with van der Waals surface area (Å²) in [6.07, 6.45) is 13.1. The van der Waals surface area contributed by atoms with Gasteiger partial charge < -0.3 is 0 Å². The molecule has 2 saturated carbocycles. The van der Waals surface area contributed by atoms with Gasteiger partial charge in [-0.1, -0.05) is 56.2 Å². The lowest BCUT2D eigenvalue weighted by molar-refractivity contribution is 0.287. The number of rotatable bonds is 4. The van der Waals surface area contributed by atoms with Crippen LogP contribution in [0.1, 0.15) is 12.8 Å². The van der Waals surface area contributed by atoms with Gasteiger partial charge in [0.2, 0.25) is 0 Å². The van der Waals surface area contributed by atoms with E-state index in [1.807, 2.05) is 0 Å². The minimum absolute atomic E-state index is 0.898. The molecule has 0 amide bonds. The van der Waals surface area contributed by atoms with Crippen LogP contribution in [0.5, 0.6) is 0 Å². The Morgan fingerprint density at radius 1 is 0.611 bits per heavy atom. The molecule has 0 heterocycles. The van der Waals surface area contributed by atoms with E-state index in [1.54, 1.807) is 0 Å². The summed E-state index contributed by atoms with van der Waals surface area (Å²) in [6.45, 7) is 0. The molecule has 4 aliphatic rings. The maximum atomic E-state index is 3.66. The lowest BCUT2D eigenvalue weighted by Gasteiger charge is -2.24. The van der Waals surface area contributed by atoms with Gasteiger partial charge in [-0.15, -0.1) is 0 Å². The Hall–Kier alpha value is 0.440. The molecule has 0 bridgehead atoms. The Bertz CT molecular complexity index is 334. The Balaban J connectivity index is 1.68. The number of alkyl halides is 2. The summed E-state index contributed by atoms with van der Waals surface area (Å²) in [5.41, 5.74) is 0. The molecule has 2 unspecified atom stereocenters. The first-order valence-corrected chi connectivity index (χ1v) is 9.59. The molecule has 4 aliphatic carbocycles. The summed E-state index contributed by atoms with van der Waals surface area (Å²) in [4.78, 5) is 0. The fourth-order valence-corrected chi connectivity index (χ4v) is 6.87. The first-order chi connectivity index (χ1) is 8.86. The van der Waals surface area contributed by atoms with E-state index in [1.165, 1.54) is 23.5 Å². The third-order valence-corrected chi connectivity index (χ3v) is 7.11. The summed E-state index contributed by atoms with van der Waals surface area (Å²) in [5.74, 6) is 7.42. The highest BCUT2D eigenvalue weighted by molar-refractivity contribution is 9.09. The Morgan fingerprint density at radius 2 is 0.944 bits per heavy atom. The zero-order chi connectivity index (χ0) is 12.3. The molecule has 4 rings (SSSR count). The largest absolute Gasteiger partial charge is 0.0928 e. The second kappa shape index (κ2) is 4.48. The smallest absolute Gasteiger partial charge is 0.00343 e. The van der Waals surface area contributed by atoms with Crippen molar-refractivity contribution in [3.05, 3.63) is 24.3 Å². The average Bonchev–Trinajstić information content (AvgIpc) is 3.04. The molecule has 0 aromatic carbocycles. The van der Waals surface area contributed by atoms with Crippen molar-refractivity contribution < 1.29 is 0 Å². The SMILES string of the molecule is BrCCC1[C@H]2C=C[C@H]3C(CCBr)[C@@H]4C=C[C@H]1C4C23. The second-order valence-corrected chi connectivity index (χ2v) is 8.10. The summed E-state index contributed by atoms with van der Waals surface area (Å²) in [5, 5.41) is 2.35. The van der Waals surface area contributed by atoms with E-state index in [0.717, 1.165) is 47.3 Å². The molecule has 0 aromatic heterocycles. The van der Waals surface area contributed by atoms with Crippen molar-refractivity contribution >= 4 is 31.9 Å². The van der Waals surface area contributed by atoms with Gasteiger partial charge in [0, 0.05) is 10.7 Å². The van der Waals surface area contributed by atoms with Gasteiger partial charge in [-0.3, -0.25) is 0 Å². The normalized spacial score (nSPS) is 54.6. The van der Waals surface area contributed by atoms with Crippen LogP contribution in [0.25, 0.3) is 0 Å². The number of hydrogen-bond acceptors (Lipinski definition) is 0. The summed E-state index contributed by atoms with van der Waals surface area (Å²) < 4.78 is 0. The van der Waals surface area contributed by atoms with Gasteiger partial charge in [-0.25, -0.2) is 0 Å². The Morgan fingerprint density at radius 3 is 1.22 bits per heavy atom. The molecule has 0 aromatic rings. The number of halogens is 2. The molecule has 0 saturated heterocycles. The molecule has 6 atom stereocenters. The van der Waals surface area contributed by atoms with Crippen molar-refractivity contribution in [3.8, 4) is 0 Å². The maximum Gasteiger partial charge on any atom is 0.00343 e. The predicted molar refractivity (Wildman–Crippen MR) is 83.0 cm³/mol. The average molecular weight is 372 g/mol. The predicted octanol–water partition coefficient (Wildman–Crippen LogP) is 4.65. The second-order valence-electron chi connectivity index (χ2n) is 6.52. The standard InChI is InChI=1S/C16H20Br2/c17-7-5-9-11-1-2-12-10(6-8-18)14-4-3-13(9)16(14)15(11)12/h1-4,9-16H,5-8H2/t9?,10?,11-,12+,13-,14+,15?,16?. The Kier molecular flexibility index (Phi) is 3.04. The molecular formula is C16H20Br2. The van der Waals surface area contributed by atoms with E-state index in [-0.39, 0.29) is 0 Å². The third kappa shape index (κ3) is 1.43. The lowest BCUT2D eigenvalue weighted by Crippen LogP contribution is -2.19. The fraction of sp³-hybridized carbons (Fsp3) is 0.750. The summed E-state index contributed by atoms with van der Waals surface area (Å²) >= 11 is 7.32. The highest BCUT2D eigenvalue weighted by atomic mass is 79.9. The molecule has 2 heteroatoms. The van der Waals surface area contributed by atoms with E-state index in [9.17, 15) is 0 Å². The van der Waals surface area contributed by atoms with Gasteiger partial charge in [0.15, 0.2) is 0 Å². The van der Waals surface area contributed by atoms with E-state index < -0.39 is 0 Å². The lowest BCUT2D eigenvalue weighted by atomic mass is 9.81. The highest BCUT2D eigenvalue weighted by Gasteiger charge is 2.63. The van der Waals surface area contributed by atoms with Crippen LogP contribution in [0.2, 0.25) is 0 Å². The van der Waals surface area contributed by atoms with Gasteiger partial charge in [0.25, 0.3) is 0 Å². The topological polar surface area (TPSA) is 0 Å². The fourth-order valence-electron chi connectivity index (χ4n) is 5.81. The first-order valence-electron chi connectivity index (χ1n) is 7.35. The van der Waals surface area contributed by atoms with E-state index >= 15 is 0 Å². The van der Waals surface area contributed by atoms with E-state index in [4.69, 9.17) is 0 Å². The molecule has 18 heavy (non-hydrogen) atoms. The molecule has 0 N–H and O–H groups in total. The quantitative estimate of drug-likeness (QED) is 0.498. The van der Waals surface area contributed by atoms with Gasteiger partial charge in [0.05, 0.1) is 0 Å². The van der Waals surface area contributed by atoms with Crippen LogP contribution in [-0.2, 0) is 0 Å².